The Balaban J connectivity index is 1.93. The van der Waals surface area contributed by atoms with Crippen molar-refractivity contribution in [3.8, 4) is 0 Å². The molecule has 19 heavy (non-hydrogen) atoms. The molecule has 2 nitrogen and oxygen atoms in total. The highest BCUT2D eigenvalue weighted by Crippen LogP contribution is 2.14. The minimum Gasteiger partial charge on any atom is -0.308 e. The minimum absolute atomic E-state index is 0.0339. The summed E-state index contributed by atoms with van der Waals surface area (Å²) in [5, 5.41) is 3.21. The molecule has 0 aliphatic rings. The molecular formula is C15H16F2N2. The van der Waals surface area contributed by atoms with E-state index in [1.807, 2.05) is 25.1 Å². The van der Waals surface area contributed by atoms with Gasteiger partial charge in [0.2, 0.25) is 0 Å². The van der Waals surface area contributed by atoms with E-state index in [9.17, 15) is 8.78 Å². The summed E-state index contributed by atoms with van der Waals surface area (Å²) in [7, 11) is 0. The first-order chi connectivity index (χ1) is 9.16. The molecule has 1 atom stereocenters. The molecule has 1 unspecified atom stereocenters. The molecule has 2 aromatic rings. The van der Waals surface area contributed by atoms with Gasteiger partial charge in [0.25, 0.3) is 0 Å². The summed E-state index contributed by atoms with van der Waals surface area (Å²) in [6, 6.07) is 9.57. The van der Waals surface area contributed by atoms with Crippen molar-refractivity contribution in [2.75, 3.05) is 0 Å². The Hall–Kier alpha value is -1.81. The number of nitrogens with one attached hydrogen (secondary N) is 1. The fourth-order valence-corrected chi connectivity index (χ4v) is 1.89. The lowest BCUT2D eigenvalue weighted by Gasteiger charge is -2.14. The van der Waals surface area contributed by atoms with Crippen molar-refractivity contribution in [2.24, 2.45) is 0 Å². The highest BCUT2D eigenvalue weighted by molar-refractivity contribution is 5.20. The average Bonchev–Trinajstić information content (AvgIpc) is 2.42. The van der Waals surface area contributed by atoms with E-state index in [2.05, 4.69) is 10.3 Å². The molecule has 2 rings (SSSR count). The zero-order chi connectivity index (χ0) is 13.7. The molecule has 4 heteroatoms. The number of halogens is 2. The number of rotatable bonds is 5. The Morgan fingerprint density at radius 3 is 2.47 bits per heavy atom. The van der Waals surface area contributed by atoms with Gasteiger partial charge in [-0.05, 0) is 37.6 Å². The standard InChI is InChI=1S/C15H16F2N2/c1-11(19-10-12-5-2-3-8-18-12)9-13-14(16)6-4-7-15(13)17/h2-8,11,19H,9-10H2,1H3. The largest absolute Gasteiger partial charge is 0.308 e. The van der Waals surface area contributed by atoms with Crippen LogP contribution in [-0.4, -0.2) is 11.0 Å². The number of nitrogens with zero attached hydrogens (tertiary/aromatic N) is 1. The van der Waals surface area contributed by atoms with Gasteiger partial charge in [-0.2, -0.15) is 0 Å². The van der Waals surface area contributed by atoms with E-state index in [1.54, 1.807) is 6.20 Å². The van der Waals surface area contributed by atoms with Crippen LogP contribution >= 0.6 is 0 Å². The maximum atomic E-state index is 13.5. The highest BCUT2D eigenvalue weighted by Gasteiger charge is 2.12. The number of benzene rings is 1. The highest BCUT2D eigenvalue weighted by atomic mass is 19.1. The SMILES string of the molecule is CC(Cc1c(F)cccc1F)NCc1ccccn1. The Bertz CT molecular complexity index is 509. The Kier molecular flexibility index (Phi) is 4.58. The van der Waals surface area contributed by atoms with Gasteiger partial charge in [0.05, 0.1) is 5.69 Å². The van der Waals surface area contributed by atoms with Crippen LogP contribution in [0.1, 0.15) is 18.2 Å². The predicted molar refractivity (Wildman–Crippen MR) is 70.6 cm³/mol. The van der Waals surface area contributed by atoms with Gasteiger partial charge >= 0.3 is 0 Å². The molecule has 1 N–H and O–H groups in total. The van der Waals surface area contributed by atoms with Gasteiger partial charge in [0.1, 0.15) is 11.6 Å². The third-order valence-electron chi connectivity index (χ3n) is 2.93. The van der Waals surface area contributed by atoms with Crippen molar-refractivity contribution in [1.82, 2.24) is 10.3 Å². The lowest BCUT2D eigenvalue weighted by Crippen LogP contribution is -2.28. The molecule has 1 aromatic heterocycles. The van der Waals surface area contributed by atoms with Gasteiger partial charge in [-0.3, -0.25) is 4.98 Å². The van der Waals surface area contributed by atoms with Crippen LogP contribution in [0.25, 0.3) is 0 Å². The molecule has 0 saturated carbocycles. The summed E-state index contributed by atoms with van der Waals surface area (Å²) in [5.41, 5.74) is 1.03. The molecule has 0 saturated heterocycles. The van der Waals surface area contributed by atoms with Gasteiger partial charge in [-0.25, -0.2) is 8.78 Å². The van der Waals surface area contributed by atoms with Gasteiger partial charge in [0.15, 0.2) is 0 Å². The van der Waals surface area contributed by atoms with Crippen molar-refractivity contribution < 1.29 is 8.78 Å². The van der Waals surface area contributed by atoms with Gasteiger partial charge in [-0.1, -0.05) is 12.1 Å². The second-order valence-corrected chi connectivity index (χ2v) is 4.51. The topological polar surface area (TPSA) is 24.9 Å². The van der Waals surface area contributed by atoms with Gasteiger partial charge in [0, 0.05) is 24.3 Å². The summed E-state index contributed by atoms with van der Waals surface area (Å²) in [5.74, 6) is -0.988. The third-order valence-corrected chi connectivity index (χ3v) is 2.93. The first-order valence-electron chi connectivity index (χ1n) is 6.23. The van der Waals surface area contributed by atoms with Crippen molar-refractivity contribution in [3.63, 3.8) is 0 Å². The molecule has 0 radical (unpaired) electrons. The van der Waals surface area contributed by atoms with Gasteiger partial charge < -0.3 is 5.32 Å². The third kappa shape index (κ3) is 3.83. The van der Waals surface area contributed by atoms with Crippen LogP contribution in [-0.2, 0) is 13.0 Å². The average molecular weight is 262 g/mol. The Labute approximate surface area is 111 Å². The molecule has 1 aromatic carbocycles. The maximum Gasteiger partial charge on any atom is 0.129 e. The number of hydrogen-bond acceptors (Lipinski definition) is 2. The quantitative estimate of drug-likeness (QED) is 0.895. The van der Waals surface area contributed by atoms with Crippen molar-refractivity contribution in [3.05, 3.63) is 65.5 Å². The molecular weight excluding hydrogens is 246 g/mol. The first kappa shape index (κ1) is 13.6. The van der Waals surface area contributed by atoms with Crippen LogP contribution in [0.3, 0.4) is 0 Å². The zero-order valence-corrected chi connectivity index (χ0v) is 10.7. The normalized spacial score (nSPS) is 12.4. The summed E-state index contributed by atoms with van der Waals surface area (Å²) < 4.78 is 27.0. The summed E-state index contributed by atoms with van der Waals surface area (Å²) >= 11 is 0. The molecule has 0 amide bonds. The summed E-state index contributed by atoms with van der Waals surface area (Å²) in [6.45, 7) is 2.48. The number of pyridine rings is 1. The number of hydrogen-bond donors (Lipinski definition) is 1. The van der Waals surface area contributed by atoms with Crippen LogP contribution in [0.4, 0.5) is 8.78 Å². The van der Waals surface area contributed by atoms with Crippen molar-refractivity contribution in [2.45, 2.75) is 25.9 Å². The van der Waals surface area contributed by atoms with Crippen LogP contribution in [0.2, 0.25) is 0 Å². The summed E-state index contributed by atoms with van der Waals surface area (Å²) in [6.07, 6.45) is 2.03. The lowest BCUT2D eigenvalue weighted by atomic mass is 10.1. The molecule has 0 aliphatic carbocycles. The van der Waals surface area contributed by atoms with E-state index in [-0.39, 0.29) is 11.6 Å². The predicted octanol–water partition coefficient (Wildman–Crippen LogP) is 3.08. The van der Waals surface area contributed by atoms with Gasteiger partial charge in [-0.15, -0.1) is 0 Å². The van der Waals surface area contributed by atoms with Crippen LogP contribution < -0.4 is 5.32 Å². The van der Waals surface area contributed by atoms with E-state index in [0.29, 0.717) is 13.0 Å². The van der Waals surface area contributed by atoms with E-state index in [0.717, 1.165) is 5.69 Å². The molecule has 100 valence electrons. The first-order valence-corrected chi connectivity index (χ1v) is 6.23. The summed E-state index contributed by atoms with van der Waals surface area (Å²) in [4.78, 5) is 4.18. The fraction of sp³-hybridized carbons (Fsp3) is 0.267. The molecule has 0 aliphatic heterocycles. The Morgan fingerprint density at radius 2 is 1.84 bits per heavy atom. The second kappa shape index (κ2) is 6.38. The smallest absolute Gasteiger partial charge is 0.129 e. The molecule has 0 spiro atoms. The van der Waals surface area contributed by atoms with Crippen molar-refractivity contribution >= 4 is 0 Å². The lowest BCUT2D eigenvalue weighted by molar-refractivity contribution is 0.497. The van der Waals surface area contributed by atoms with Crippen LogP contribution in [0, 0.1) is 11.6 Å². The monoisotopic (exact) mass is 262 g/mol. The van der Waals surface area contributed by atoms with E-state index in [1.165, 1.54) is 18.2 Å². The second-order valence-electron chi connectivity index (χ2n) is 4.51. The van der Waals surface area contributed by atoms with Crippen LogP contribution in [0.5, 0.6) is 0 Å². The maximum absolute atomic E-state index is 13.5. The molecule has 0 fully saturated rings. The van der Waals surface area contributed by atoms with Crippen molar-refractivity contribution in [1.29, 1.82) is 0 Å². The fourth-order valence-electron chi connectivity index (χ4n) is 1.89. The van der Waals surface area contributed by atoms with E-state index in [4.69, 9.17) is 0 Å². The number of aromatic nitrogens is 1. The van der Waals surface area contributed by atoms with E-state index < -0.39 is 11.6 Å². The molecule has 0 bridgehead atoms. The molecule has 1 heterocycles. The Morgan fingerprint density at radius 1 is 1.11 bits per heavy atom. The zero-order valence-electron chi connectivity index (χ0n) is 10.7. The van der Waals surface area contributed by atoms with E-state index >= 15 is 0 Å². The minimum atomic E-state index is -0.494. The van der Waals surface area contributed by atoms with Crippen LogP contribution in [0.15, 0.2) is 42.6 Å².